The minimum absolute atomic E-state index is 0.133. The maximum absolute atomic E-state index is 12.0. The number of hydrogen-bond acceptors (Lipinski definition) is 4. The molecule has 0 saturated heterocycles. The molecular weight excluding hydrogens is 290 g/mol. The van der Waals surface area contributed by atoms with Gasteiger partial charge in [0.1, 0.15) is 0 Å². The average Bonchev–Trinajstić information content (AvgIpc) is 2.42. The quantitative estimate of drug-likeness (QED) is 0.633. The molecule has 7 heteroatoms. The number of carbonyl (C=O) groups is 1. The highest BCUT2D eigenvalue weighted by molar-refractivity contribution is 7.89. The smallest absolute Gasteiger partial charge is 0.240 e. The van der Waals surface area contributed by atoms with Crippen molar-refractivity contribution in [3.05, 3.63) is 29.8 Å². The van der Waals surface area contributed by atoms with E-state index < -0.39 is 10.0 Å². The van der Waals surface area contributed by atoms with Gasteiger partial charge in [0.2, 0.25) is 15.9 Å². The van der Waals surface area contributed by atoms with E-state index in [1.807, 2.05) is 6.92 Å². The SMILES string of the molecule is Cc1ccc(S(=O)(=O)NCCNC(=O)C(C)C(C)N)cc1. The van der Waals surface area contributed by atoms with Crippen LogP contribution in [0.2, 0.25) is 0 Å². The van der Waals surface area contributed by atoms with Gasteiger partial charge in [-0.25, -0.2) is 13.1 Å². The number of rotatable bonds is 7. The first-order valence-electron chi connectivity index (χ1n) is 6.83. The first kappa shape index (κ1) is 17.6. The Balaban J connectivity index is 2.45. The molecule has 0 fully saturated rings. The van der Waals surface area contributed by atoms with Crippen molar-refractivity contribution < 1.29 is 13.2 Å². The molecule has 0 aliphatic rings. The summed E-state index contributed by atoms with van der Waals surface area (Å²) in [6.45, 7) is 5.73. The van der Waals surface area contributed by atoms with Crippen molar-refractivity contribution in [1.29, 1.82) is 0 Å². The van der Waals surface area contributed by atoms with E-state index in [1.54, 1.807) is 38.1 Å². The number of nitrogens with one attached hydrogen (secondary N) is 2. The van der Waals surface area contributed by atoms with Gasteiger partial charge >= 0.3 is 0 Å². The molecule has 2 unspecified atom stereocenters. The number of hydrogen-bond donors (Lipinski definition) is 3. The Morgan fingerprint density at radius 2 is 1.76 bits per heavy atom. The fourth-order valence-corrected chi connectivity index (χ4v) is 2.60. The molecule has 0 spiro atoms. The van der Waals surface area contributed by atoms with Crippen molar-refractivity contribution in [3.63, 3.8) is 0 Å². The van der Waals surface area contributed by atoms with Crippen LogP contribution in [0.5, 0.6) is 0 Å². The minimum Gasteiger partial charge on any atom is -0.355 e. The second-order valence-corrected chi connectivity index (χ2v) is 6.92. The number of amides is 1. The van der Waals surface area contributed by atoms with Crippen molar-refractivity contribution in [2.45, 2.75) is 31.7 Å². The number of nitrogens with two attached hydrogens (primary N) is 1. The van der Waals surface area contributed by atoms with Crippen LogP contribution in [0, 0.1) is 12.8 Å². The second kappa shape index (κ2) is 7.53. The van der Waals surface area contributed by atoms with Crippen LogP contribution in [0.3, 0.4) is 0 Å². The lowest BCUT2D eigenvalue weighted by Gasteiger charge is -2.15. The highest BCUT2D eigenvalue weighted by Crippen LogP contribution is 2.09. The Kier molecular flexibility index (Phi) is 6.32. The van der Waals surface area contributed by atoms with Crippen LogP contribution in [0.4, 0.5) is 0 Å². The van der Waals surface area contributed by atoms with E-state index in [9.17, 15) is 13.2 Å². The van der Waals surface area contributed by atoms with Crippen molar-refractivity contribution >= 4 is 15.9 Å². The Labute approximate surface area is 126 Å². The van der Waals surface area contributed by atoms with E-state index in [1.165, 1.54) is 0 Å². The van der Waals surface area contributed by atoms with Gasteiger partial charge in [-0.2, -0.15) is 0 Å². The Morgan fingerprint density at radius 3 is 2.29 bits per heavy atom. The molecule has 0 heterocycles. The predicted octanol–water partition coefficient (Wildman–Crippen LogP) is 0.373. The molecule has 1 amide bonds. The Morgan fingerprint density at radius 1 is 1.19 bits per heavy atom. The largest absolute Gasteiger partial charge is 0.355 e. The van der Waals surface area contributed by atoms with E-state index in [0.717, 1.165) is 5.56 Å². The molecule has 6 nitrogen and oxygen atoms in total. The van der Waals surface area contributed by atoms with E-state index in [-0.39, 0.29) is 35.9 Å². The molecule has 0 radical (unpaired) electrons. The molecule has 1 aromatic rings. The standard InChI is InChI=1S/C14H23N3O3S/c1-10-4-6-13(7-5-10)21(19,20)17-9-8-16-14(18)11(2)12(3)15/h4-7,11-12,17H,8-9,15H2,1-3H3,(H,16,18). The van der Waals surface area contributed by atoms with Gasteiger partial charge in [0.05, 0.1) is 4.90 Å². The lowest BCUT2D eigenvalue weighted by Crippen LogP contribution is -2.41. The van der Waals surface area contributed by atoms with Gasteiger partial charge < -0.3 is 11.1 Å². The average molecular weight is 313 g/mol. The molecule has 118 valence electrons. The van der Waals surface area contributed by atoms with Crippen LogP contribution >= 0.6 is 0 Å². The lowest BCUT2D eigenvalue weighted by molar-refractivity contribution is -0.124. The molecule has 0 bridgehead atoms. The van der Waals surface area contributed by atoms with Crippen LogP contribution in [-0.2, 0) is 14.8 Å². The van der Waals surface area contributed by atoms with Crippen LogP contribution < -0.4 is 15.8 Å². The molecule has 4 N–H and O–H groups in total. The van der Waals surface area contributed by atoms with Gasteiger partial charge in [0, 0.05) is 25.0 Å². The highest BCUT2D eigenvalue weighted by Gasteiger charge is 2.17. The zero-order chi connectivity index (χ0) is 16.0. The molecule has 21 heavy (non-hydrogen) atoms. The third kappa shape index (κ3) is 5.45. The summed E-state index contributed by atoms with van der Waals surface area (Å²) in [6, 6.07) is 6.33. The maximum Gasteiger partial charge on any atom is 0.240 e. The first-order valence-corrected chi connectivity index (χ1v) is 8.32. The van der Waals surface area contributed by atoms with Gasteiger partial charge in [-0.3, -0.25) is 4.79 Å². The van der Waals surface area contributed by atoms with Crippen LogP contribution in [0.15, 0.2) is 29.2 Å². The summed E-state index contributed by atoms with van der Waals surface area (Å²) < 4.78 is 26.4. The normalized spacial score (nSPS) is 14.5. The fourth-order valence-electron chi connectivity index (χ4n) is 1.57. The summed E-state index contributed by atoms with van der Waals surface area (Å²) in [7, 11) is -3.54. The van der Waals surface area contributed by atoms with E-state index >= 15 is 0 Å². The molecule has 0 aliphatic carbocycles. The minimum atomic E-state index is -3.54. The third-order valence-electron chi connectivity index (χ3n) is 3.25. The van der Waals surface area contributed by atoms with Crippen LogP contribution in [0.1, 0.15) is 19.4 Å². The zero-order valence-electron chi connectivity index (χ0n) is 12.6. The maximum atomic E-state index is 12.0. The second-order valence-electron chi connectivity index (χ2n) is 5.15. The monoisotopic (exact) mass is 313 g/mol. The summed E-state index contributed by atoms with van der Waals surface area (Å²) >= 11 is 0. The van der Waals surface area contributed by atoms with Gasteiger partial charge in [0.25, 0.3) is 0 Å². The van der Waals surface area contributed by atoms with Gasteiger partial charge in [-0.1, -0.05) is 24.6 Å². The summed E-state index contributed by atoms with van der Waals surface area (Å²) in [4.78, 5) is 11.9. The molecule has 1 aromatic carbocycles. The zero-order valence-corrected chi connectivity index (χ0v) is 13.4. The number of carbonyl (C=O) groups excluding carboxylic acids is 1. The molecule has 0 aliphatic heterocycles. The summed E-state index contributed by atoms with van der Waals surface area (Å²) in [6.07, 6.45) is 0. The fraction of sp³-hybridized carbons (Fsp3) is 0.500. The molecule has 0 saturated carbocycles. The summed E-state index contributed by atoms with van der Waals surface area (Å²) in [5, 5.41) is 2.65. The molecular formula is C14H23N3O3S. The van der Waals surface area contributed by atoms with Crippen LogP contribution in [-0.4, -0.2) is 33.5 Å². The predicted molar refractivity (Wildman–Crippen MR) is 82.2 cm³/mol. The van der Waals surface area contributed by atoms with Gasteiger partial charge in [-0.05, 0) is 26.0 Å². The molecule has 2 atom stereocenters. The molecule has 0 aromatic heterocycles. The summed E-state index contributed by atoms with van der Waals surface area (Å²) in [5.74, 6) is -0.488. The number of aryl methyl sites for hydroxylation is 1. The molecule has 1 rings (SSSR count). The van der Waals surface area contributed by atoms with Gasteiger partial charge in [0.15, 0.2) is 0 Å². The van der Waals surface area contributed by atoms with Crippen molar-refractivity contribution in [1.82, 2.24) is 10.0 Å². The van der Waals surface area contributed by atoms with Crippen molar-refractivity contribution in [2.75, 3.05) is 13.1 Å². The third-order valence-corrected chi connectivity index (χ3v) is 4.73. The van der Waals surface area contributed by atoms with Crippen molar-refractivity contribution in [3.8, 4) is 0 Å². The van der Waals surface area contributed by atoms with Gasteiger partial charge in [-0.15, -0.1) is 0 Å². The number of benzene rings is 1. The Hall–Kier alpha value is -1.44. The summed E-state index contributed by atoms with van der Waals surface area (Å²) in [5.41, 5.74) is 6.62. The van der Waals surface area contributed by atoms with E-state index in [0.29, 0.717) is 0 Å². The first-order chi connectivity index (χ1) is 9.74. The highest BCUT2D eigenvalue weighted by atomic mass is 32.2. The van der Waals surface area contributed by atoms with Crippen molar-refractivity contribution in [2.24, 2.45) is 11.7 Å². The van der Waals surface area contributed by atoms with E-state index in [4.69, 9.17) is 5.73 Å². The number of sulfonamides is 1. The topological polar surface area (TPSA) is 101 Å². The van der Waals surface area contributed by atoms with E-state index in [2.05, 4.69) is 10.0 Å². The lowest BCUT2D eigenvalue weighted by atomic mass is 10.0. The van der Waals surface area contributed by atoms with Crippen LogP contribution in [0.25, 0.3) is 0 Å². The Bertz CT molecular complexity index is 568.